The van der Waals surface area contributed by atoms with Gasteiger partial charge >= 0.3 is 5.97 Å². The van der Waals surface area contributed by atoms with Crippen molar-refractivity contribution in [3.8, 4) is 0 Å². The lowest BCUT2D eigenvalue weighted by atomic mass is 9.75. The molecule has 0 aromatic rings. The molecule has 118 valence electrons. The van der Waals surface area contributed by atoms with E-state index in [0.29, 0.717) is 0 Å². The number of carboxylic acids is 1. The third kappa shape index (κ3) is 5.43. The van der Waals surface area contributed by atoms with Crippen molar-refractivity contribution in [1.82, 2.24) is 4.90 Å². The summed E-state index contributed by atoms with van der Waals surface area (Å²) < 4.78 is 0. The van der Waals surface area contributed by atoms with Crippen LogP contribution in [-0.4, -0.2) is 35.6 Å². The Labute approximate surface area is 124 Å². The molecule has 0 unspecified atom stereocenters. The number of unbranched alkanes of at least 4 members (excludes halogenated alkanes) is 5. The molecule has 0 aliphatic carbocycles. The predicted octanol–water partition coefficient (Wildman–Crippen LogP) is 4.31. The van der Waals surface area contributed by atoms with Crippen LogP contribution in [0.2, 0.25) is 0 Å². The maximum atomic E-state index is 11.5. The average molecular weight is 283 g/mol. The van der Waals surface area contributed by atoms with E-state index >= 15 is 0 Å². The summed E-state index contributed by atoms with van der Waals surface area (Å²) in [5.41, 5.74) is -0.424. The highest BCUT2D eigenvalue weighted by molar-refractivity contribution is 5.74. The number of likely N-dealkylation sites (tertiary alicyclic amines) is 1. The minimum Gasteiger partial charge on any atom is -0.481 e. The number of piperidine rings is 1. The highest BCUT2D eigenvalue weighted by atomic mass is 16.4. The van der Waals surface area contributed by atoms with E-state index in [0.717, 1.165) is 45.3 Å². The van der Waals surface area contributed by atoms with Gasteiger partial charge < -0.3 is 10.0 Å². The maximum absolute atomic E-state index is 11.5. The lowest BCUT2D eigenvalue weighted by molar-refractivity contribution is -0.152. The van der Waals surface area contributed by atoms with E-state index in [1.165, 1.54) is 38.5 Å². The molecule has 0 amide bonds. The molecule has 1 aliphatic heterocycles. The molecule has 3 nitrogen and oxygen atoms in total. The SMILES string of the molecule is CCCCCCCCN1CCC(CCC)(C(=O)O)CC1. The van der Waals surface area contributed by atoms with Crippen molar-refractivity contribution in [3.63, 3.8) is 0 Å². The van der Waals surface area contributed by atoms with Gasteiger partial charge in [0, 0.05) is 0 Å². The molecule has 0 atom stereocenters. The normalized spacial score (nSPS) is 19.1. The van der Waals surface area contributed by atoms with Crippen LogP contribution in [0.25, 0.3) is 0 Å². The number of carbonyl (C=O) groups is 1. The van der Waals surface area contributed by atoms with Crippen LogP contribution in [0.15, 0.2) is 0 Å². The van der Waals surface area contributed by atoms with Gasteiger partial charge in [-0.2, -0.15) is 0 Å². The molecule has 1 saturated heterocycles. The van der Waals surface area contributed by atoms with E-state index in [-0.39, 0.29) is 0 Å². The summed E-state index contributed by atoms with van der Waals surface area (Å²) >= 11 is 0. The molecule has 1 rings (SSSR count). The fourth-order valence-corrected chi connectivity index (χ4v) is 3.37. The summed E-state index contributed by atoms with van der Waals surface area (Å²) in [4.78, 5) is 14.0. The quantitative estimate of drug-likeness (QED) is 0.607. The Morgan fingerprint density at radius 3 is 2.15 bits per heavy atom. The van der Waals surface area contributed by atoms with Crippen molar-refractivity contribution in [1.29, 1.82) is 0 Å². The van der Waals surface area contributed by atoms with Crippen molar-refractivity contribution >= 4 is 5.97 Å². The molecule has 1 heterocycles. The first-order valence-electron chi connectivity index (χ1n) is 8.60. The first kappa shape index (κ1) is 17.5. The summed E-state index contributed by atoms with van der Waals surface area (Å²) in [5, 5.41) is 9.48. The first-order valence-corrected chi connectivity index (χ1v) is 8.60. The minimum atomic E-state index is -0.571. The molecule has 1 fully saturated rings. The number of carboxylic acid groups (broad SMARTS) is 1. The summed E-state index contributed by atoms with van der Waals surface area (Å²) in [5.74, 6) is -0.571. The van der Waals surface area contributed by atoms with Gasteiger partial charge in [-0.25, -0.2) is 0 Å². The third-order valence-electron chi connectivity index (χ3n) is 4.82. The summed E-state index contributed by atoms with van der Waals surface area (Å²) in [6.07, 6.45) is 11.5. The molecule has 0 bridgehead atoms. The fraction of sp³-hybridized carbons (Fsp3) is 0.941. The Bertz CT molecular complexity index is 270. The molecule has 0 radical (unpaired) electrons. The summed E-state index contributed by atoms with van der Waals surface area (Å²) in [6.45, 7) is 7.45. The van der Waals surface area contributed by atoms with E-state index in [1.54, 1.807) is 0 Å². The highest BCUT2D eigenvalue weighted by Crippen LogP contribution is 2.36. The van der Waals surface area contributed by atoms with Crippen molar-refractivity contribution < 1.29 is 9.90 Å². The van der Waals surface area contributed by atoms with Crippen molar-refractivity contribution in [3.05, 3.63) is 0 Å². The minimum absolute atomic E-state index is 0.424. The number of hydrogen-bond acceptors (Lipinski definition) is 2. The molecule has 1 N–H and O–H groups in total. The van der Waals surface area contributed by atoms with Crippen LogP contribution in [-0.2, 0) is 4.79 Å². The Morgan fingerprint density at radius 1 is 1.00 bits per heavy atom. The summed E-state index contributed by atoms with van der Waals surface area (Å²) in [7, 11) is 0. The second-order valence-electron chi connectivity index (χ2n) is 6.44. The zero-order valence-corrected chi connectivity index (χ0v) is 13.5. The Balaban J connectivity index is 2.19. The molecule has 1 aliphatic rings. The number of aliphatic carboxylic acids is 1. The van der Waals surface area contributed by atoms with Crippen LogP contribution in [0.3, 0.4) is 0 Å². The standard InChI is InChI=1S/C17H33NO2/c1-3-5-6-7-8-9-13-18-14-11-17(10-4-2,12-15-18)16(19)20/h3-15H2,1-2H3,(H,19,20). The number of rotatable bonds is 10. The van der Waals surface area contributed by atoms with Crippen molar-refractivity contribution in [2.24, 2.45) is 5.41 Å². The molecule has 0 aromatic heterocycles. The van der Waals surface area contributed by atoms with Gasteiger partial charge in [0.2, 0.25) is 0 Å². The monoisotopic (exact) mass is 283 g/mol. The Morgan fingerprint density at radius 2 is 1.60 bits per heavy atom. The molecule has 0 saturated carbocycles. The zero-order valence-electron chi connectivity index (χ0n) is 13.5. The number of nitrogens with zero attached hydrogens (tertiary/aromatic N) is 1. The average Bonchev–Trinajstić information content (AvgIpc) is 2.44. The summed E-state index contributed by atoms with van der Waals surface area (Å²) in [6, 6.07) is 0. The second kappa shape index (κ2) is 9.38. The van der Waals surface area contributed by atoms with E-state index in [9.17, 15) is 9.90 Å². The van der Waals surface area contributed by atoms with E-state index < -0.39 is 11.4 Å². The predicted molar refractivity (Wildman–Crippen MR) is 84.0 cm³/mol. The molecule has 0 aromatic carbocycles. The van der Waals surface area contributed by atoms with Gasteiger partial charge in [-0.05, 0) is 45.3 Å². The lowest BCUT2D eigenvalue weighted by Crippen LogP contribution is -2.44. The van der Waals surface area contributed by atoms with E-state index in [4.69, 9.17) is 0 Å². The lowest BCUT2D eigenvalue weighted by Gasteiger charge is -2.38. The topological polar surface area (TPSA) is 40.5 Å². The van der Waals surface area contributed by atoms with Crippen molar-refractivity contribution in [2.45, 2.75) is 78.1 Å². The smallest absolute Gasteiger partial charge is 0.309 e. The van der Waals surface area contributed by atoms with Gasteiger partial charge in [0.25, 0.3) is 0 Å². The van der Waals surface area contributed by atoms with Gasteiger partial charge in [0.05, 0.1) is 5.41 Å². The van der Waals surface area contributed by atoms with Gasteiger partial charge in [-0.3, -0.25) is 4.79 Å². The van der Waals surface area contributed by atoms with Crippen LogP contribution in [0.5, 0.6) is 0 Å². The zero-order chi connectivity index (χ0) is 14.8. The first-order chi connectivity index (χ1) is 9.64. The molecular formula is C17H33NO2. The van der Waals surface area contributed by atoms with Crippen LogP contribution in [0.4, 0.5) is 0 Å². The van der Waals surface area contributed by atoms with Crippen LogP contribution < -0.4 is 0 Å². The largest absolute Gasteiger partial charge is 0.481 e. The fourth-order valence-electron chi connectivity index (χ4n) is 3.37. The van der Waals surface area contributed by atoms with Crippen LogP contribution in [0, 0.1) is 5.41 Å². The molecule has 0 spiro atoms. The molecule has 20 heavy (non-hydrogen) atoms. The number of hydrogen-bond donors (Lipinski definition) is 1. The van der Waals surface area contributed by atoms with Gasteiger partial charge in [0.15, 0.2) is 0 Å². The Hall–Kier alpha value is -0.570. The van der Waals surface area contributed by atoms with E-state index in [1.807, 2.05) is 0 Å². The van der Waals surface area contributed by atoms with Crippen molar-refractivity contribution in [2.75, 3.05) is 19.6 Å². The highest BCUT2D eigenvalue weighted by Gasteiger charge is 2.40. The van der Waals surface area contributed by atoms with Gasteiger partial charge in [-0.15, -0.1) is 0 Å². The molecular weight excluding hydrogens is 250 g/mol. The second-order valence-corrected chi connectivity index (χ2v) is 6.44. The van der Waals surface area contributed by atoms with E-state index in [2.05, 4.69) is 18.7 Å². The van der Waals surface area contributed by atoms with Crippen LogP contribution >= 0.6 is 0 Å². The third-order valence-corrected chi connectivity index (χ3v) is 4.82. The Kier molecular flexibility index (Phi) is 8.20. The van der Waals surface area contributed by atoms with Gasteiger partial charge in [-0.1, -0.05) is 52.4 Å². The maximum Gasteiger partial charge on any atom is 0.309 e. The van der Waals surface area contributed by atoms with Gasteiger partial charge in [0.1, 0.15) is 0 Å². The van der Waals surface area contributed by atoms with Crippen LogP contribution in [0.1, 0.15) is 78.1 Å². The molecule has 3 heteroatoms.